The summed E-state index contributed by atoms with van der Waals surface area (Å²) in [6, 6.07) is 19.5. The second-order valence-electron chi connectivity index (χ2n) is 5.58. The Labute approximate surface area is 161 Å². The fourth-order valence-electron chi connectivity index (χ4n) is 2.33. The number of thiophene rings is 1. The highest BCUT2D eigenvalue weighted by Crippen LogP contribution is 2.17. The van der Waals surface area contributed by atoms with Crippen molar-refractivity contribution in [3.8, 4) is 5.75 Å². The largest absolute Gasteiger partial charge is 0.497 e. The quantitative estimate of drug-likeness (QED) is 0.633. The smallest absolute Gasteiger partial charge is 0.272 e. The van der Waals surface area contributed by atoms with Gasteiger partial charge in [-0.2, -0.15) is 0 Å². The van der Waals surface area contributed by atoms with Gasteiger partial charge in [-0.1, -0.05) is 24.3 Å². The fraction of sp³-hybridized carbons (Fsp3) is 0.0476. The van der Waals surface area contributed by atoms with Crippen LogP contribution in [0.25, 0.3) is 6.08 Å². The Balaban J connectivity index is 1.80. The highest BCUT2D eigenvalue weighted by Gasteiger charge is 2.15. The van der Waals surface area contributed by atoms with Crippen LogP contribution in [0.3, 0.4) is 0 Å². The van der Waals surface area contributed by atoms with Crippen LogP contribution in [0, 0.1) is 0 Å². The number of benzene rings is 2. The molecule has 0 saturated carbocycles. The van der Waals surface area contributed by atoms with Crippen molar-refractivity contribution in [2.75, 3.05) is 12.4 Å². The maximum absolute atomic E-state index is 12.7. The standard InChI is InChI=1S/C21H18N2O3S/c1-26-17-11-9-16(10-12-17)22-21(25)19(14-18-8-5-13-27-18)23-20(24)15-6-3-2-4-7-15/h2-14H,1H3,(H,22,25)(H,23,24)/b19-14+. The molecule has 1 heterocycles. The van der Waals surface area contributed by atoms with Crippen LogP contribution in [-0.2, 0) is 4.79 Å². The second-order valence-corrected chi connectivity index (χ2v) is 6.56. The predicted octanol–water partition coefficient (Wildman–Crippen LogP) is 4.17. The van der Waals surface area contributed by atoms with E-state index in [4.69, 9.17) is 4.74 Å². The molecule has 0 aliphatic heterocycles. The van der Waals surface area contributed by atoms with E-state index >= 15 is 0 Å². The zero-order chi connectivity index (χ0) is 19.1. The SMILES string of the molecule is COc1ccc(NC(=O)/C(=C\c2cccs2)NC(=O)c2ccccc2)cc1. The average Bonchev–Trinajstić information content (AvgIpc) is 3.22. The molecule has 3 aromatic rings. The molecule has 2 amide bonds. The van der Waals surface area contributed by atoms with Crippen molar-refractivity contribution >= 4 is 34.9 Å². The first-order chi connectivity index (χ1) is 13.2. The van der Waals surface area contributed by atoms with Gasteiger partial charge in [-0.15, -0.1) is 11.3 Å². The van der Waals surface area contributed by atoms with Crippen LogP contribution < -0.4 is 15.4 Å². The van der Waals surface area contributed by atoms with Crippen molar-refractivity contribution in [2.45, 2.75) is 0 Å². The zero-order valence-electron chi connectivity index (χ0n) is 14.6. The maximum Gasteiger partial charge on any atom is 0.272 e. The van der Waals surface area contributed by atoms with E-state index in [1.54, 1.807) is 61.7 Å². The number of carbonyl (C=O) groups excluding carboxylic acids is 2. The van der Waals surface area contributed by atoms with E-state index in [-0.39, 0.29) is 11.6 Å². The number of hydrogen-bond acceptors (Lipinski definition) is 4. The van der Waals surface area contributed by atoms with Gasteiger partial charge in [-0.05, 0) is 53.9 Å². The Morgan fingerprint density at radius 3 is 2.33 bits per heavy atom. The third-order valence-electron chi connectivity index (χ3n) is 3.71. The van der Waals surface area contributed by atoms with Crippen molar-refractivity contribution in [1.82, 2.24) is 5.32 Å². The molecule has 3 rings (SSSR count). The Hall–Kier alpha value is -3.38. The molecule has 27 heavy (non-hydrogen) atoms. The number of amides is 2. The number of anilines is 1. The summed E-state index contributed by atoms with van der Waals surface area (Å²) in [6.07, 6.45) is 1.66. The third-order valence-corrected chi connectivity index (χ3v) is 4.53. The summed E-state index contributed by atoms with van der Waals surface area (Å²) in [4.78, 5) is 26.1. The van der Waals surface area contributed by atoms with Gasteiger partial charge in [0.25, 0.3) is 11.8 Å². The molecule has 0 aliphatic carbocycles. The van der Waals surface area contributed by atoms with Crippen molar-refractivity contribution in [3.05, 3.63) is 88.2 Å². The lowest BCUT2D eigenvalue weighted by Crippen LogP contribution is -2.30. The van der Waals surface area contributed by atoms with Gasteiger partial charge in [0.15, 0.2) is 0 Å². The van der Waals surface area contributed by atoms with Gasteiger partial charge in [0.05, 0.1) is 7.11 Å². The molecule has 0 fully saturated rings. The molecule has 0 bridgehead atoms. The van der Waals surface area contributed by atoms with E-state index in [0.29, 0.717) is 17.0 Å². The molecule has 136 valence electrons. The zero-order valence-corrected chi connectivity index (χ0v) is 15.5. The summed E-state index contributed by atoms with van der Waals surface area (Å²) in [5.41, 5.74) is 1.25. The van der Waals surface area contributed by atoms with Crippen molar-refractivity contribution in [3.63, 3.8) is 0 Å². The van der Waals surface area contributed by atoms with Crippen LogP contribution in [0.2, 0.25) is 0 Å². The average molecular weight is 378 g/mol. The molecule has 0 spiro atoms. The Morgan fingerprint density at radius 1 is 0.963 bits per heavy atom. The van der Waals surface area contributed by atoms with Crippen LogP contribution >= 0.6 is 11.3 Å². The molecular weight excluding hydrogens is 360 g/mol. The fourth-order valence-corrected chi connectivity index (χ4v) is 2.99. The van der Waals surface area contributed by atoms with E-state index in [0.717, 1.165) is 4.88 Å². The van der Waals surface area contributed by atoms with Gasteiger partial charge in [0.1, 0.15) is 11.4 Å². The lowest BCUT2D eigenvalue weighted by Gasteiger charge is -2.11. The minimum atomic E-state index is -0.405. The van der Waals surface area contributed by atoms with E-state index in [2.05, 4.69) is 10.6 Å². The van der Waals surface area contributed by atoms with Crippen LogP contribution in [-0.4, -0.2) is 18.9 Å². The molecule has 2 aromatic carbocycles. The molecule has 6 heteroatoms. The number of methoxy groups -OCH3 is 1. The minimum absolute atomic E-state index is 0.169. The summed E-state index contributed by atoms with van der Waals surface area (Å²) in [6.45, 7) is 0. The summed E-state index contributed by atoms with van der Waals surface area (Å²) >= 11 is 1.48. The van der Waals surface area contributed by atoms with Crippen molar-refractivity contribution < 1.29 is 14.3 Å². The van der Waals surface area contributed by atoms with E-state index < -0.39 is 5.91 Å². The highest BCUT2D eigenvalue weighted by molar-refractivity contribution is 7.10. The number of nitrogens with one attached hydrogen (secondary N) is 2. The summed E-state index contributed by atoms with van der Waals surface area (Å²) in [7, 11) is 1.58. The normalized spacial score (nSPS) is 10.9. The molecule has 2 N–H and O–H groups in total. The molecule has 0 saturated heterocycles. The molecule has 0 unspecified atom stereocenters. The first-order valence-corrected chi connectivity index (χ1v) is 9.10. The second kappa shape index (κ2) is 8.82. The molecular formula is C21H18N2O3S. The molecule has 0 atom stereocenters. The van der Waals surface area contributed by atoms with Gasteiger partial charge in [-0.25, -0.2) is 0 Å². The van der Waals surface area contributed by atoms with Gasteiger partial charge in [0, 0.05) is 16.1 Å². The van der Waals surface area contributed by atoms with Gasteiger partial charge in [-0.3, -0.25) is 9.59 Å². The van der Waals surface area contributed by atoms with E-state index in [1.165, 1.54) is 11.3 Å². The summed E-state index contributed by atoms with van der Waals surface area (Å²) in [5, 5.41) is 7.40. The van der Waals surface area contributed by atoms with E-state index in [1.807, 2.05) is 23.6 Å². The van der Waals surface area contributed by atoms with Crippen LogP contribution in [0.15, 0.2) is 77.8 Å². The molecule has 1 aromatic heterocycles. The minimum Gasteiger partial charge on any atom is -0.497 e. The van der Waals surface area contributed by atoms with Crippen molar-refractivity contribution in [1.29, 1.82) is 0 Å². The lowest BCUT2D eigenvalue weighted by atomic mass is 10.2. The lowest BCUT2D eigenvalue weighted by molar-refractivity contribution is -0.113. The molecule has 0 aliphatic rings. The van der Waals surface area contributed by atoms with Crippen LogP contribution in [0.1, 0.15) is 15.2 Å². The summed E-state index contributed by atoms with van der Waals surface area (Å²) in [5.74, 6) is -0.0548. The van der Waals surface area contributed by atoms with Crippen LogP contribution in [0.4, 0.5) is 5.69 Å². The maximum atomic E-state index is 12.7. The van der Waals surface area contributed by atoms with E-state index in [9.17, 15) is 9.59 Å². The topological polar surface area (TPSA) is 67.4 Å². The molecule has 5 nitrogen and oxygen atoms in total. The van der Waals surface area contributed by atoms with Gasteiger partial charge >= 0.3 is 0 Å². The number of rotatable bonds is 6. The first kappa shape index (κ1) is 18.4. The Morgan fingerprint density at radius 2 is 1.70 bits per heavy atom. The van der Waals surface area contributed by atoms with Gasteiger partial charge in [0.2, 0.25) is 0 Å². The first-order valence-electron chi connectivity index (χ1n) is 8.23. The Bertz CT molecular complexity index is 933. The third kappa shape index (κ3) is 5.05. The van der Waals surface area contributed by atoms with Crippen molar-refractivity contribution in [2.24, 2.45) is 0 Å². The summed E-state index contributed by atoms with van der Waals surface area (Å²) < 4.78 is 5.11. The number of carbonyl (C=O) groups is 2. The number of hydrogen-bond donors (Lipinski definition) is 2. The van der Waals surface area contributed by atoms with Crippen LogP contribution in [0.5, 0.6) is 5.75 Å². The Kier molecular flexibility index (Phi) is 6.02. The molecule has 0 radical (unpaired) electrons. The highest BCUT2D eigenvalue weighted by atomic mass is 32.1. The number of ether oxygens (including phenoxy) is 1. The van der Waals surface area contributed by atoms with Gasteiger partial charge < -0.3 is 15.4 Å². The predicted molar refractivity (Wildman–Crippen MR) is 108 cm³/mol. The monoisotopic (exact) mass is 378 g/mol.